The third kappa shape index (κ3) is 31.6. The van der Waals surface area contributed by atoms with E-state index in [1.807, 2.05) is 0 Å². The van der Waals surface area contributed by atoms with Crippen LogP contribution in [0.3, 0.4) is 0 Å². The van der Waals surface area contributed by atoms with Gasteiger partial charge in [0.1, 0.15) is 0 Å². The average Bonchev–Trinajstić information content (AvgIpc) is 2.93. The summed E-state index contributed by atoms with van der Waals surface area (Å²) in [5, 5.41) is 0. The fraction of sp³-hybridized carbons (Fsp3) is 0.970. The molecule has 2 atom stereocenters. The van der Waals surface area contributed by atoms with Crippen LogP contribution in [0.4, 0.5) is 4.79 Å². The summed E-state index contributed by atoms with van der Waals surface area (Å²) in [6.45, 7) is 11.0. The molecular formula is C33H66O7. The zero-order valence-corrected chi connectivity index (χ0v) is 26.9. The summed E-state index contributed by atoms with van der Waals surface area (Å²) in [6.07, 6.45) is 24.0. The smallest absolute Gasteiger partial charge is 0.405 e. The van der Waals surface area contributed by atoms with Crippen molar-refractivity contribution >= 4 is 6.16 Å². The summed E-state index contributed by atoms with van der Waals surface area (Å²) >= 11 is 0. The van der Waals surface area contributed by atoms with E-state index in [4.69, 9.17) is 28.4 Å². The van der Waals surface area contributed by atoms with Gasteiger partial charge in [-0.05, 0) is 26.7 Å². The molecule has 0 heterocycles. The Bertz CT molecular complexity index is 461. The van der Waals surface area contributed by atoms with Gasteiger partial charge in [-0.3, -0.25) is 0 Å². The average molecular weight is 575 g/mol. The summed E-state index contributed by atoms with van der Waals surface area (Å²) < 4.78 is 32.4. The van der Waals surface area contributed by atoms with E-state index >= 15 is 0 Å². The van der Waals surface area contributed by atoms with Crippen molar-refractivity contribution in [2.75, 3.05) is 39.6 Å². The molecule has 0 bridgehead atoms. The molecule has 0 aliphatic carbocycles. The van der Waals surface area contributed by atoms with Crippen molar-refractivity contribution in [3.63, 3.8) is 0 Å². The fourth-order valence-corrected chi connectivity index (χ4v) is 4.50. The number of rotatable bonds is 32. The van der Waals surface area contributed by atoms with E-state index in [0.717, 1.165) is 26.1 Å². The molecule has 40 heavy (non-hydrogen) atoms. The van der Waals surface area contributed by atoms with Crippen molar-refractivity contribution in [2.24, 2.45) is 0 Å². The highest BCUT2D eigenvalue weighted by atomic mass is 16.8. The van der Waals surface area contributed by atoms with Gasteiger partial charge in [0.15, 0.2) is 0 Å². The lowest BCUT2D eigenvalue weighted by Gasteiger charge is -2.17. The van der Waals surface area contributed by atoms with E-state index < -0.39 is 18.7 Å². The first-order valence-electron chi connectivity index (χ1n) is 16.9. The van der Waals surface area contributed by atoms with Gasteiger partial charge in [-0.1, -0.05) is 129 Å². The van der Waals surface area contributed by atoms with Crippen LogP contribution in [0.15, 0.2) is 0 Å². The van der Waals surface area contributed by atoms with Gasteiger partial charge in [0.25, 0.3) is 0 Å². The Hall–Kier alpha value is -0.890. The molecule has 0 N–H and O–H groups in total. The Labute approximate surface area is 247 Å². The second kappa shape index (κ2) is 32.6. The molecule has 0 aliphatic rings. The van der Waals surface area contributed by atoms with Crippen LogP contribution in [0.2, 0.25) is 0 Å². The van der Waals surface area contributed by atoms with E-state index in [0.29, 0.717) is 26.4 Å². The molecule has 240 valence electrons. The minimum atomic E-state index is -0.808. The molecule has 0 aromatic rings. The van der Waals surface area contributed by atoms with E-state index in [9.17, 15) is 4.79 Å². The first-order chi connectivity index (χ1) is 19.6. The minimum Gasteiger partial charge on any atom is -0.405 e. The molecule has 7 heteroatoms. The van der Waals surface area contributed by atoms with Gasteiger partial charge >= 0.3 is 6.16 Å². The van der Waals surface area contributed by atoms with Crippen molar-refractivity contribution < 1.29 is 33.2 Å². The lowest BCUT2D eigenvalue weighted by atomic mass is 10.1. The SMILES string of the molecule is CCCCCCCCCCCCOCCOC(C)OC(=O)OC(C)OCCOCCCCCCCCCCCC. The van der Waals surface area contributed by atoms with Crippen LogP contribution in [0.5, 0.6) is 0 Å². The van der Waals surface area contributed by atoms with Gasteiger partial charge in [0.05, 0.1) is 26.4 Å². The molecule has 0 radical (unpaired) electrons. The highest BCUT2D eigenvalue weighted by Crippen LogP contribution is 2.11. The standard InChI is InChI=1S/C33H66O7/c1-5-7-9-11-13-15-17-19-21-23-25-35-27-29-37-31(3)39-33(34)40-32(4)38-30-28-36-26-24-22-20-18-16-14-12-10-8-6-2/h31-32H,5-30H2,1-4H3. The van der Waals surface area contributed by atoms with Crippen LogP contribution >= 0.6 is 0 Å². The highest BCUT2D eigenvalue weighted by Gasteiger charge is 2.15. The molecule has 7 nitrogen and oxygen atoms in total. The van der Waals surface area contributed by atoms with Crippen LogP contribution in [0, 0.1) is 0 Å². The molecule has 2 unspecified atom stereocenters. The van der Waals surface area contributed by atoms with E-state index in [2.05, 4.69) is 13.8 Å². The zero-order valence-electron chi connectivity index (χ0n) is 26.9. The number of hydrogen-bond donors (Lipinski definition) is 0. The Kier molecular flexibility index (Phi) is 31.9. The molecule has 0 aromatic carbocycles. The third-order valence-electron chi connectivity index (χ3n) is 6.97. The summed E-state index contributed by atoms with van der Waals surface area (Å²) in [6, 6.07) is 0. The molecule has 0 saturated heterocycles. The highest BCUT2D eigenvalue weighted by molar-refractivity contribution is 5.60. The van der Waals surface area contributed by atoms with Gasteiger partial charge in [-0.15, -0.1) is 0 Å². The van der Waals surface area contributed by atoms with Gasteiger partial charge in [0.2, 0.25) is 12.6 Å². The predicted octanol–water partition coefficient (Wildman–Crippen LogP) is 9.74. The molecule has 0 aromatic heterocycles. The molecule has 0 aliphatic heterocycles. The first kappa shape index (κ1) is 39.1. The van der Waals surface area contributed by atoms with Gasteiger partial charge in [-0.25, -0.2) is 4.79 Å². The Balaban J connectivity index is 3.40. The monoisotopic (exact) mass is 574 g/mol. The summed E-state index contributed by atoms with van der Waals surface area (Å²) in [5.41, 5.74) is 0. The lowest BCUT2D eigenvalue weighted by molar-refractivity contribution is -0.158. The van der Waals surface area contributed by atoms with Crippen molar-refractivity contribution in [1.82, 2.24) is 0 Å². The van der Waals surface area contributed by atoms with Crippen LogP contribution in [0.25, 0.3) is 0 Å². The van der Waals surface area contributed by atoms with Crippen molar-refractivity contribution in [3.05, 3.63) is 0 Å². The maximum absolute atomic E-state index is 11.9. The quantitative estimate of drug-likeness (QED) is 0.0450. The summed E-state index contributed by atoms with van der Waals surface area (Å²) in [7, 11) is 0. The molecule has 0 spiro atoms. The molecule has 0 saturated carbocycles. The Morgan fingerprint density at radius 1 is 0.425 bits per heavy atom. The predicted molar refractivity (Wildman–Crippen MR) is 164 cm³/mol. The van der Waals surface area contributed by atoms with Crippen LogP contribution in [-0.4, -0.2) is 58.4 Å². The number of carbonyl (C=O) groups excluding carboxylic acids is 1. The van der Waals surface area contributed by atoms with Crippen molar-refractivity contribution in [3.8, 4) is 0 Å². The first-order valence-corrected chi connectivity index (χ1v) is 16.9. The van der Waals surface area contributed by atoms with E-state index in [1.54, 1.807) is 13.8 Å². The fourth-order valence-electron chi connectivity index (χ4n) is 4.50. The maximum atomic E-state index is 11.9. The van der Waals surface area contributed by atoms with Gasteiger partial charge < -0.3 is 28.4 Å². The molecule has 0 fully saturated rings. The normalized spacial score (nSPS) is 12.9. The van der Waals surface area contributed by atoms with Crippen LogP contribution in [0.1, 0.15) is 156 Å². The topological polar surface area (TPSA) is 72.5 Å². The number of ether oxygens (including phenoxy) is 6. The second-order valence-electron chi connectivity index (χ2n) is 11.0. The lowest BCUT2D eigenvalue weighted by Crippen LogP contribution is -2.25. The summed E-state index contributed by atoms with van der Waals surface area (Å²) in [4.78, 5) is 11.9. The Morgan fingerprint density at radius 2 is 0.725 bits per heavy atom. The van der Waals surface area contributed by atoms with E-state index in [-0.39, 0.29) is 0 Å². The van der Waals surface area contributed by atoms with E-state index in [1.165, 1.54) is 116 Å². The zero-order chi connectivity index (χ0) is 29.4. The molecular weight excluding hydrogens is 508 g/mol. The van der Waals surface area contributed by atoms with Gasteiger partial charge in [-0.2, -0.15) is 0 Å². The largest absolute Gasteiger partial charge is 0.512 e. The number of unbranched alkanes of at least 4 members (excludes halogenated alkanes) is 18. The van der Waals surface area contributed by atoms with Crippen LogP contribution < -0.4 is 0 Å². The Morgan fingerprint density at radius 3 is 1.05 bits per heavy atom. The van der Waals surface area contributed by atoms with Crippen molar-refractivity contribution in [2.45, 2.75) is 169 Å². The second-order valence-corrected chi connectivity index (χ2v) is 11.0. The van der Waals surface area contributed by atoms with Gasteiger partial charge in [0, 0.05) is 13.2 Å². The van der Waals surface area contributed by atoms with Crippen LogP contribution in [-0.2, 0) is 28.4 Å². The molecule has 0 rings (SSSR count). The summed E-state index contributed by atoms with van der Waals surface area (Å²) in [5.74, 6) is 0. The van der Waals surface area contributed by atoms with Crippen molar-refractivity contribution in [1.29, 1.82) is 0 Å². The number of hydrogen-bond acceptors (Lipinski definition) is 7. The third-order valence-corrected chi connectivity index (χ3v) is 6.97. The number of carbonyl (C=O) groups is 1. The molecule has 0 amide bonds. The minimum absolute atomic E-state index is 0.370. The maximum Gasteiger partial charge on any atom is 0.512 e.